The number of hydrogen-bond donors (Lipinski definition) is 1. The van der Waals surface area contributed by atoms with Gasteiger partial charge in [0.05, 0.1) is 12.8 Å². The minimum Gasteiger partial charge on any atom is -0.356 e. The summed E-state index contributed by atoms with van der Waals surface area (Å²) in [6.45, 7) is 1.02. The van der Waals surface area contributed by atoms with Gasteiger partial charge in [-0.05, 0) is 37.1 Å². The van der Waals surface area contributed by atoms with Gasteiger partial charge in [-0.2, -0.15) is 0 Å². The van der Waals surface area contributed by atoms with Crippen molar-refractivity contribution < 1.29 is 17.7 Å². The van der Waals surface area contributed by atoms with Crippen LogP contribution in [0.2, 0.25) is 5.02 Å². The molecule has 0 aliphatic carbocycles. The van der Waals surface area contributed by atoms with Crippen molar-refractivity contribution in [1.29, 1.82) is 0 Å². The molecule has 1 aromatic heterocycles. The summed E-state index contributed by atoms with van der Waals surface area (Å²) in [5, 5.41) is 7.45. The number of amides is 1. The molecule has 0 spiro atoms. The number of sulfonamides is 1. The number of rotatable bonds is 5. The molecule has 1 saturated heterocycles. The summed E-state index contributed by atoms with van der Waals surface area (Å²) in [4.78, 5) is 12.3. The highest BCUT2D eigenvalue weighted by Crippen LogP contribution is 2.23. The summed E-state index contributed by atoms with van der Waals surface area (Å²) in [5.74, 6) is 0.331. The second-order valence-corrected chi connectivity index (χ2v) is 8.76. The Bertz CT molecular complexity index is 872. The van der Waals surface area contributed by atoms with Crippen LogP contribution in [0, 0.1) is 5.92 Å². The van der Waals surface area contributed by atoms with E-state index in [0.29, 0.717) is 42.4 Å². The predicted octanol–water partition coefficient (Wildman–Crippen LogP) is 2.28. The molecule has 1 aromatic carbocycles. The zero-order valence-electron chi connectivity index (χ0n) is 14.3. The Morgan fingerprint density at radius 2 is 1.96 bits per heavy atom. The van der Waals surface area contributed by atoms with E-state index in [9.17, 15) is 13.2 Å². The van der Waals surface area contributed by atoms with Gasteiger partial charge in [-0.25, -0.2) is 12.7 Å². The molecule has 7 nitrogen and oxygen atoms in total. The number of carbonyl (C=O) groups excluding carboxylic acids is 1. The summed E-state index contributed by atoms with van der Waals surface area (Å²) in [6, 6.07) is 8.98. The smallest absolute Gasteiger partial charge is 0.223 e. The lowest BCUT2D eigenvalue weighted by atomic mass is 9.97. The minimum atomic E-state index is -3.19. The lowest BCUT2D eigenvalue weighted by Crippen LogP contribution is -2.42. The maximum atomic E-state index is 12.3. The van der Waals surface area contributed by atoms with E-state index < -0.39 is 10.0 Å². The average Bonchev–Trinajstić information content (AvgIpc) is 3.08. The minimum absolute atomic E-state index is 0.0887. The molecule has 2 heterocycles. The molecule has 0 saturated carbocycles. The van der Waals surface area contributed by atoms with E-state index in [0.717, 1.165) is 5.56 Å². The number of hydrogen-bond acceptors (Lipinski definition) is 5. The van der Waals surface area contributed by atoms with Gasteiger partial charge in [-0.1, -0.05) is 16.8 Å². The highest BCUT2D eigenvalue weighted by Gasteiger charge is 2.28. The fourth-order valence-corrected chi connectivity index (χ4v) is 3.92. The van der Waals surface area contributed by atoms with Crippen molar-refractivity contribution in [2.45, 2.75) is 19.4 Å². The van der Waals surface area contributed by atoms with E-state index in [-0.39, 0.29) is 18.4 Å². The van der Waals surface area contributed by atoms with Crippen LogP contribution in [0.25, 0.3) is 11.3 Å². The van der Waals surface area contributed by atoms with E-state index >= 15 is 0 Å². The second-order valence-electron chi connectivity index (χ2n) is 6.34. The number of aromatic nitrogens is 1. The molecule has 0 unspecified atom stereocenters. The van der Waals surface area contributed by atoms with Gasteiger partial charge >= 0.3 is 0 Å². The largest absolute Gasteiger partial charge is 0.356 e. The van der Waals surface area contributed by atoms with Crippen LogP contribution < -0.4 is 5.32 Å². The van der Waals surface area contributed by atoms with E-state index in [2.05, 4.69) is 10.5 Å². The number of halogens is 1. The predicted molar refractivity (Wildman–Crippen MR) is 97.9 cm³/mol. The number of benzene rings is 1. The van der Waals surface area contributed by atoms with Crippen LogP contribution in [-0.2, 0) is 21.4 Å². The Balaban J connectivity index is 1.52. The molecular formula is C17H20ClN3O4S. The fourth-order valence-electron chi connectivity index (χ4n) is 2.92. The summed E-state index contributed by atoms with van der Waals surface area (Å²) >= 11 is 5.87. The maximum Gasteiger partial charge on any atom is 0.223 e. The Labute approximate surface area is 157 Å². The average molecular weight is 398 g/mol. The van der Waals surface area contributed by atoms with Gasteiger partial charge in [0.25, 0.3) is 0 Å². The molecule has 0 radical (unpaired) electrons. The number of piperidine rings is 1. The number of nitrogens with zero attached hydrogens (tertiary/aromatic N) is 2. The topological polar surface area (TPSA) is 92.5 Å². The summed E-state index contributed by atoms with van der Waals surface area (Å²) in [7, 11) is -3.19. The van der Waals surface area contributed by atoms with Crippen LogP contribution in [-0.4, -0.2) is 43.1 Å². The fraction of sp³-hybridized carbons (Fsp3) is 0.412. The van der Waals surface area contributed by atoms with E-state index in [1.807, 2.05) is 12.1 Å². The SMILES string of the molecule is CS(=O)(=O)N1CCC(C(=O)NCc2cc(-c3ccc(Cl)cc3)on2)CC1. The molecule has 1 N–H and O–H groups in total. The van der Waals surface area contributed by atoms with Crippen molar-refractivity contribution in [3.63, 3.8) is 0 Å². The monoisotopic (exact) mass is 397 g/mol. The Hall–Kier alpha value is -1.90. The van der Waals surface area contributed by atoms with Crippen molar-refractivity contribution in [1.82, 2.24) is 14.8 Å². The lowest BCUT2D eigenvalue weighted by Gasteiger charge is -2.29. The zero-order valence-corrected chi connectivity index (χ0v) is 15.9. The third-order valence-corrected chi connectivity index (χ3v) is 5.98. The van der Waals surface area contributed by atoms with Crippen molar-refractivity contribution in [3.05, 3.63) is 41.0 Å². The second kappa shape index (κ2) is 7.77. The first-order valence-corrected chi connectivity index (χ1v) is 10.5. The Morgan fingerprint density at radius 1 is 1.31 bits per heavy atom. The normalized spacial score (nSPS) is 16.5. The molecule has 1 aliphatic heterocycles. The van der Waals surface area contributed by atoms with E-state index in [4.69, 9.17) is 16.1 Å². The Morgan fingerprint density at radius 3 is 2.58 bits per heavy atom. The first kappa shape index (κ1) is 18.9. The molecule has 9 heteroatoms. The quantitative estimate of drug-likeness (QED) is 0.835. The molecule has 3 rings (SSSR count). The van der Waals surface area contributed by atoms with Crippen molar-refractivity contribution >= 4 is 27.5 Å². The van der Waals surface area contributed by atoms with Gasteiger partial charge in [0.15, 0.2) is 5.76 Å². The summed E-state index contributed by atoms with van der Waals surface area (Å²) in [6.07, 6.45) is 2.23. The van der Waals surface area contributed by atoms with Crippen LogP contribution in [0.3, 0.4) is 0 Å². The van der Waals surface area contributed by atoms with Crippen LogP contribution in [0.4, 0.5) is 0 Å². The highest BCUT2D eigenvalue weighted by molar-refractivity contribution is 7.88. The van der Waals surface area contributed by atoms with Gasteiger partial charge in [0.1, 0.15) is 5.69 Å². The highest BCUT2D eigenvalue weighted by atomic mass is 35.5. The molecule has 1 fully saturated rings. The first-order valence-electron chi connectivity index (χ1n) is 8.27. The van der Waals surface area contributed by atoms with E-state index in [1.165, 1.54) is 10.6 Å². The van der Waals surface area contributed by atoms with Crippen LogP contribution in [0.1, 0.15) is 18.5 Å². The van der Waals surface area contributed by atoms with Gasteiger partial charge < -0.3 is 9.84 Å². The van der Waals surface area contributed by atoms with Crippen molar-refractivity contribution in [2.24, 2.45) is 5.92 Å². The number of nitrogens with one attached hydrogen (secondary N) is 1. The first-order chi connectivity index (χ1) is 12.3. The zero-order chi connectivity index (χ0) is 18.7. The molecule has 26 heavy (non-hydrogen) atoms. The third-order valence-electron chi connectivity index (χ3n) is 4.43. The third kappa shape index (κ3) is 4.63. The lowest BCUT2D eigenvalue weighted by molar-refractivity contribution is -0.126. The van der Waals surface area contributed by atoms with Gasteiger partial charge in [0, 0.05) is 35.7 Å². The van der Waals surface area contributed by atoms with Crippen LogP contribution in [0.15, 0.2) is 34.9 Å². The molecule has 2 aromatic rings. The molecule has 1 amide bonds. The standard InChI is InChI=1S/C17H20ClN3O4S/c1-26(23,24)21-8-6-13(7-9-21)17(22)19-11-15-10-16(25-20-15)12-2-4-14(18)5-3-12/h2-5,10,13H,6-9,11H2,1H3,(H,19,22). The van der Waals surface area contributed by atoms with Gasteiger partial charge in [0.2, 0.25) is 15.9 Å². The van der Waals surface area contributed by atoms with Crippen molar-refractivity contribution in [3.8, 4) is 11.3 Å². The Kier molecular flexibility index (Phi) is 5.64. The summed E-state index contributed by atoms with van der Waals surface area (Å²) < 4.78 is 29.7. The van der Waals surface area contributed by atoms with Gasteiger partial charge in [-0.3, -0.25) is 4.79 Å². The number of carbonyl (C=O) groups is 1. The van der Waals surface area contributed by atoms with Crippen LogP contribution in [0.5, 0.6) is 0 Å². The molecule has 0 bridgehead atoms. The van der Waals surface area contributed by atoms with Crippen molar-refractivity contribution in [2.75, 3.05) is 19.3 Å². The summed E-state index contributed by atoms with van der Waals surface area (Å²) in [5.41, 5.74) is 1.48. The van der Waals surface area contributed by atoms with E-state index in [1.54, 1.807) is 18.2 Å². The van der Waals surface area contributed by atoms with Gasteiger partial charge in [-0.15, -0.1) is 0 Å². The molecule has 140 valence electrons. The van der Waals surface area contributed by atoms with Crippen LogP contribution >= 0.6 is 11.6 Å². The molecular weight excluding hydrogens is 378 g/mol. The maximum absolute atomic E-state index is 12.3. The molecule has 0 atom stereocenters. The molecule has 1 aliphatic rings.